The van der Waals surface area contributed by atoms with Crippen LogP contribution in [-0.2, 0) is 6.54 Å². The Bertz CT molecular complexity index is 648. The number of rotatable bonds is 5. The fourth-order valence-corrected chi connectivity index (χ4v) is 3.76. The lowest BCUT2D eigenvalue weighted by Gasteiger charge is -2.26. The molecule has 1 saturated carbocycles. The fraction of sp³-hybridized carbons (Fsp3) is 0.478. The summed E-state index contributed by atoms with van der Waals surface area (Å²) in [7, 11) is 0. The third kappa shape index (κ3) is 4.20. The third-order valence-corrected chi connectivity index (χ3v) is 5.39. The van der Waals surface area contributed by atoms with Crippen molar-refractivity contribution in [1.29, 1.82) is 0 Å². The van der Waals surface area contributed by atoms with Crippen molar-refractivity contribution in [3.05, 3.63) is 64.7 Å². The minimum Gasteiger partial charge on any atom is -0.381 e. The summed E-state index contributed by atoms with van der Waals surface area (Å²) in [6, 6.07) is 15.9. The maximum Gasteiger partial charge on any atom is 0.0400 e. The summed E-state index contributed by atoms with van der Waals surface area (Å²) in [6.07, 6.45) is 6.87. The van der Waals surface area contributed by atoms with Gasteiger partial charge in [0.2, 0.25) is 0 Å². The van der Waals surface area contributed by atoms with Gasteiger partial charge >= 0.3 is 0 Å². The van der Waals surface area contributed by atoms with Crippen LogP contribution < -0.4 is 5.32 Å². The molecule has 0 saturated heterocycles. The number of anilines is 1. The van der Waals surface area contributed by atoms with Crippen LogP contribution in [0.2, 0.25) is 0 Å². The van der Waals surface area contributed by atoms with Gasteiger partial charge in [-0.15, -0.1) is 0 Å². The molecule has 1 nitrogen and oxygen atoms in total. The summed E-state index contributed by atoms with van der Waals surface area (Å²) in [5.74, 6) is 1.33. The highest BCUT2D eigenvalue weighted by Gasteiger charge is 2.19. The van der Waals surface area contributed by atoms with E-state index in [2.05, 4.69) is 68.6 Å². The van der Waals surface area contributed by atoms with Crippen LogP contribution >= 0.6 is 0 Å². The summed E-state index contributed by atoms with van der Waals surface area (Å²) >= 11 is 0. The van der Waals surface area contributed by atoms with Crippen molar-refractivity contribution in [2.45, 2.75) is 71.3 Å². The van der Waals surface area contributed by atoms with E-state index in [0.29, 0.717) is 5.92 Å². The molecule has 128 valence electrons. The maximum absolute atomic E-state index is 3.71. The second kappa shape index (κ2) is 7.88. The van der Waals surface area contributed by atoms with Gasteiger partial charge in [-0.3, -0.25) is 0 Å². The molecule has 24 heavy (non-hydrogen) atoms. The van der Waals surface area contributed by atoms with E-state index in [1.165, 1.54) is 54.5 Å². The molecule has 0 bridgehead atoms. The molecule has 0 radical (unpaired) electrons. The molecule has 0 heterocycles. The summed E-state index contributed by atoms with van der Waals surface area (Å²) in [5.41, 5.74) is 7.03. The van der Waals surface area contributed by atoms with E-state index in [9.17, 15) is 0 Å². The van der Waals surface area contributed by atoms with Crippen molar-refractivity contribution in [3.8, 4) is 0 Å². The summed E-state index contributed by atoms with van der Waals surface area (Å²) in [4.78, 5) is 0. The van der Waals surface area contributed by atoms with Crippen molar-refractivity contribution >= 4 is 5.69 Å². The van der Waals surface area contributed by atoms with E-state index in [-0.39, 0.29) is 0 Å². The average Bonchev–Trinajstić information content (AvgIpc) is 2.62. The van der Waals surface area contributed by atoms with Crippen molar-refractivity contribution in [3.63, 3.8) is 0 Å². The number of aryl methyl sites for hydroxylation is 1. The number of hydrogen-bond acceptors (Lipinski definition) is 1. The molecule has 2 aromatic carbocycles. The third-order valence-electron chi connectivity index (χ3n) is 5.39. The predicted molar refractivity (Wildman–Crippen MR) is 105 cm³/mol. The highest BCUT2D eigenvalue weighted by molar-refractivity contribution is 5.55. The lowest BCUT2D eigenvalue weighted by atomic mass is 9.82. The highest BCUT2D eigenvalue weighted by Crippen LogP contribution is 2.38. The molecule has 0 amide bonds. The van der Waals surface area contributed by atoms with Crippen LogP contribution in [0.25, 0.3) is 0 Å². The fourth-order valence-electron chi connectivity index (χ4n) is 3.76. The first-order chi connectivity index (χ1) is 11.6. The topological polar surface area (TPSA) is 12.0 Å². The standard InChI is InChI=1S/C23H31N/c1-17(2)21-13-14-23(22(15-21)20-7-5-4-6-8-20)24-16-19-11-9-18(3)10-12-19/h9-15,17,20,24H,4-8,16H2,1-3H3. The van der Waals surface area contributed by atoms with Crippen LogP contribution in [0.3, 0.4) is 0 Å². The molecule has 0 spiro atoms. The first-order valence-corrected chi connectivity index (χ1v) is 9.57. The maximum atomic E-state index is 3.71. The van der Waals surface area contributed by atoms with E-state index in [1.54, 1.807) is 5.56 Å². The number of nitrogens with one attached hydrogen (secondary N) is 1. The van der Waals surface area contributed by atoms with Crippen LogP contribution in [0.5, 0.6) is 0 Å². The Morgan fingerprint density at radius 1 is 0.958 bits per heavy atom. The zero-order valence-electron chi connectivity index (χ0n) is 15.4. The monoisotopic (exact) mass is 321 g/mol. The highest BCUT2D eigenvalue weighted by atomic mass is 14.9. The minimum atomic E-state index is 0.596. The van der Waals surface area contributed by atoms with Gasteiger partial charge in [-0.05, 0) is 54.4 Å². The molecule has 0 unspecified atom stereocenters. The van der Waals surface area contributed by atoms with Gasteiger partial charge in [-0.1, -0.05) is 75.1 Å². The zero-order chi connectivity index (χ0) is 16.9. The number of hydrogen-bond donors (Lipinski definition) is 1. The molecule has 3 rings (SSSR count). The summed E-state index contributed by atoms with van der Waals surface area (Å²) in [6.45, 7) is 7.63. The molecule has 0 atom stereocenters. The lowest BCUT2D eigenvalue weighted by molar-refractivity contribution is 0.444. The van der Waals surface area contributed by atoms with Gasteiger partial charge in [0.15, 0.2) is 0 Å². The normalized spacial score (nSPS) is 15.7. The van der Waals surface area contributed by atoms with Crippen LogP contribution in [0.1, 0.15) is 80.0 Å². The molecule has 1 heteroatoms. The Kier molecular flexibility index (Phi) is 5.60. The van der Waals surface area contributed by atoms with E-state index in [1.807, 2.05) is 0 Å². The largest absolute Gasteiger partial charge is 0.381 e. The Morgan fingerprint density at radius 2 is 1.67 bits per heavy atom. The number of benzene rings is 2. The minimum absolute atomic E-state index is 0.596. The second-order valence-electron chi connectivity index (χ2n) is 7.68. The molecule has 1 fully saturated rings. The summed E-state index contributed by atoms with van der Waals surface area (Å²) < 4.78 is 0. The van der Waals surface area contributed by atoms with Gasteiger partial charge in [-0.25, -0.2) is 0 Å². The van der Waals surface area contributed by atoms with E-state index in [4.69, 9.17) is 0 Å². The van der Waals surface area contributed by atoms with Gasteiger partial charge in [-0.2, -0.15) is 0 Å². The predicted octanol–water partition coefficient (Wildman–Crippen LogP) is 6.78. The van der Waals surface area contributed by atoms with Crippen molar-refractivity contribution in [2.24, 2.45) is 0 Å². The van der Waals surface area contributed by atoms with Gasteiger partial charge in [0, 0.05) is 12.2 Å². The van der Waals surface area contributed by atoms with E-state index >= 15 is 0 Å². The van der Waals surface area contributed by atoms with Crippen LogP contribution in [0.15, 0.2) is 42.5 Å². The first-order valence-electron chi connectivity index (χ1n) is 9.57. The SMILES string of the molecule is Cc1ccc(CNc2ccc(C(C)C)cc2C2CCCCC2)cc1. The van der Waals surface area contributed by atoms with Crippen molar-refractivity contribution < 1.29 is 0 Å². The molecule has 0 aliphatic heterocycles. The Hall–Kier alpha value is -1.76. The molecular formula is C23H31N. The molecule has 2 aromatic rings. The second-order valence-corrected chi connectivity index (χ2v) is 7.68. The quantitative estimate of drug-likeness (QED) is 0.640. The Labute approximate surface area is 147 Å². The van der Waals surface area contributed by atoms with Gasteiger partial charge in [0.05, 0.1) is 0 Å². The van der Waals surface area contributed by atoms with Crippen molar-refractivity contribution in [1.82, 2.24) is 0 Å². The molecular weight excluding hydrogens is 290 g/mol. The Morgan fingerprint density at radius 3 is 2.33 bits per heavy atom. The van der Waals surface area contributed by atoms with Gasteiger partial charge in [0.1, 0.15) is 0 Å². The van der Waals surface area contributed by atoms with Crippen molar-refractivity contribution in [2.75, 3.05) is 5.32 Å². The van der Waals surface area contributed by atoms with E-state index in [0.717, 1.165) is 12.5 Å². The van der Waals surface area contributed by atoms with Crippen LogP contribution in [0, 0.1) is 6.92 Å². The van der Waals surface area contributed by atoms with E-state index < -0.39 is 0 Å². The molecule has 1 aliphatic rings. The average molecular weight is 322 g/mol. The lowest BCUT2D eigenvalue weighted by Crippen LogP contribution is -2.10. The van der Waals surface area contributed by atoms with Gasteiger partial charge < -0.3 is 5.32 Å². The summed E-state index contributed by atoms with van der Waals surface area (Å²) in [5, 5.41) is 3.71. The zero-order valence-corrected chi connectivity index (χ0v) is 15.4. The Balaban J connectivity index is 1.81. The van der Waals surface area contributed by atoms with Gasteiger partial charge in [0.25, 0.3) is 0 Å². The molecule has 1 N–H and O–H groups in total. The van der Waals surface area contributed by atoms with Crippen LogP contribution in [-0.4, -0.2) is 0 Å². The first kappa shape index (κ1) is 17.1. The molecule has 0 aromatic heterocycles. The van der Waals surface area contributed by atoms with Crippen LogP contribution in [0.4, 0.5) is 5.69 Å². The smallest absolute Gasteiger partial charge is 0.0400 e. The molecule has 1 aliphatic carbocycles.